The van der Waals surface area contributed by atoms with Crippen LogP contribution in [-0.4, -0.2) is 13.1 Å². The summed E-state index contributed by atoms with van der Waals surface area (Å²) in [5, 5.41) is 0.586. The van der Waals surface area contributed by atoms with Crippen LogP contribution in [0.25, 0.3) is 22.3 Å². The number of ether oxygens (including phenoxy) is 1. The first kappa shape index (κ1) is 18.4. The molecule has 1 saturated carbocycles. The summed E-state index contributed by atoms with van der Waals surface area (Å²) in [5.41, 5.74) is 7.71. The molecule has 0 amide bonds. The molecule has 0 aliphatic heterocycles. The molecular formula is C26H23ClO2. The van der Waals surface area contributed by atoms with E-state index < -0.39 is 0 Å². The highest BCUT2D eigenvalue weighted by molar-refractivity contribution is 6.34. The van der Waals surface area contributed by atoms with Crippen molar-refractivity contribution in [2.75, 3.05) is 7.11 Å². The van der Waals surface area contributed by atoms with Gasteiger partial charge in [0.15, 0.2) is 0 Å². The summed E-state index contributed by atoms with van der Waals surface area (Å²) >= 11 is 6.70. The highest BCUT2D eigenvalue weighted by Crippen LogP contribution is 2.58. The van der Waals surface area contributed by atoms with Gasteiger partial charge in [0.1, 0.15) is 0 Å². The summed E-state index contributed by atoms with van der Waals surface area (Å²) in [4.78, 5) is 12.6. The second-order valence-electron chi connectivity index (χ2n) is 8.07. The first-order valence-corrected chi connectivity index (χ1v) is 10.7. The number of methoxy groups -OCH3 is 1. The Morgan fingerprint density at radius 2 is 1.55 bits per heavy atom. The van der Waals surface area contributed by atoms with E-state index in [2.05, 4.69) is 42.5 Å². The van der Waals surface area contributed by atoms with Gasteiger partial charge in [0.2, 0.25) is 0 Å². The Morgan fingerprint density at radius 1 is 0.862 bits per heavy atom. The zero-order chi connectivity index (χ0) is 20.0. The number of hydrogen-bond donors (Lipinski definition) is 0. The van der Waals surface area contributed by atoms with Crippen molar-refractivity contribution in [1.29, 1.82) is 0 Å². The Balaban J connectivity index is 1.85. The number of benzene rings is 3. The van der Waals surface area contributed by atoms with Gasteiger partial charge in [-0.15, -0.1) is 0 Å². The standard InChI is InChI=1S/C26H23ClO2/c1-29-25(28)20-12-8-14-22(27)23(20)19-11-7-10-18-17-9-3-4-13-21(17)26(24(18)19)15-5-2-6-16-26/h3-4,7-14H,2,5-6,15-16H2,1H3. The number of fused-ring (bicyclic) bond motifs is 5. The van der Waals surface area contributed by atoms with Gasteiger partial charge in [0.25, 0.3) is 0 Å². The van der Waals surface area contributed by atoms with Crippen molar-refractivity contribution >= 4 is 17.6 Å². The van der Waals surface area contributed by atoms with Crippen LogP contribution in [0.2, 0.25) is 5.02 Å². The molecule has 0 saturated heterocycles. The van der Waals surface area contributed by atoms with Crippen molar-refractivity contribution in [2.24, 2.45) is 0 Å². The monoisotopic (exact) mass is 402 g/mol. The molecule has 2 nitrogen and oxygen atoms in total. The molecule has 0 atom stereocenters. The van der Waals surface area contributed by atoms with Crippen LogP contribution in [0, 0.1) is 0 Å². The highest BCUT2D eigenvalue weighted by Gasteiger charge is 2.45. The smallest absolute Gasteiger partial charge is 0.338 e. The fraction of sp³-hybridized carbons (Fsp3) is 0.269. The predicted octanol–water partition coefficient (Wildman–Crippen LogP) is 7.02. The van der Waals surface area contributed by atoms with Crippen LogP contribution in [0.4, 0.5) is 0 Å². The molecule has 1 fully saturated rings. The Hall–Kier alpha value is -2.58. The largest absolute Gasteiger partial charge is 0.465 e. The number of esters is 1. The zero-order valence-electron chi connectivity index (χ0n) is 16.5. The second-order valence-corrected chi connectivity index (χ2v) is 8.48. The summed E-state index contributed by atoms with van der Waals surface area (Å²) in [6.07, 6.45) is 5.97. The minimum atomic E-state index is -0.353. The van der Waals surface area contributed by atoms with Crippen LogP contribution < -0.4 is 0 Å². The van der Waals surface area contributed by atoms with Crippen molar-refractivity contribution in [3.63, 3.8) is 0 Å². The molecular weight excluding hydrogens is 380 g/mol. The molecule has 5 rings (SSSR count). The first-order chi connectivity index (χ1) is 14.2. The van der Waals surface area contributed by atoms with E-state index in [-0.39, 0.29) is 11.4 Å². The van der Waals surface area contributed by atoms with Gasteiger partial charge in [-0.1, -0.05) is 79.4 Å². The van der Waals surface area contributed by atoms with Crippen molar-refractivity contribution < 1.29 is 9.53 Å². The lowest BCUT2D eigenvalue weighted by Gasteiger charge is -2.37. The van der Waals surface area contributed by atoms with Crippen LogP contribution in [-0.2, 0) is 10.2 Å². The van der Waals surface area contributed by atoms with Crippen molar-refractivity contribution in [1.82, 2.24) is 0 Å². The maximum atomic E-state index is 12.6. The SMILES string of the molecule is COC(=O)c1cccc(Cl)c1-c1cccc2c1C1(CCCCC1)c1ccccc1-2. The zero-order valence-corrected chi connectivity index (χ0v) is 17.3. The molecule has 0 N–H and O–H groups in total. The molecule has 0 radical (unpaired) electrons. The fourth-order valence-electron chi connectivity index (χ4n) is 5.52. The Bertz CT molecular complexity index is 1110. The molecule has 3 aromatic carbocycles. The molecule has 3 aromatic rings. The maximum Gasteiger partial charge on any atom is 0.338 e. The number of rotatable bonds is 2. The van der Waals surface area contributed by atoms with E-state index >= 15 is 0 Å². The average molecular weight is 403 g/mol. The van der Waals surface area contributed by atoms with E-state index in [9.17, 15) is 4.79 Å². The lowest BCUT2D eigenvalue weighted by Crippen LogP contribution is -2.28. The topological polar surface area (TPSA) is 26.3 Å². The second kappa shape index (κ2) is 7.03. The number of hydrogen-bond acceptors (Lipinski definition) is 2. The van der Waals surface area contributed by atoms with E-state index in [4.69, 9.17) is 16.3 Å². The van der Waals surface area contributed by atoms with Gasteiger partial charge in [-0.3, -0.25) is 0 Å². The van der Waals surface area contributed by atoms with Crippen molar-refractivity contribution in [2.45, 2.75) is 37.5 Å². The number of carbonyl (C=O) groups is 1. The minimum Gasteiger partial charge on any atom is -0.465 e. The van der Waals surface area contributed by atoms with Gasteiger partial charge in [-0.2, -0.15) is 0 Å². The van der Waals surface area contributed by atoms with Gasteiger partial charge in [0, 0.05) is 16.0 Å². The summed E-state index contributed by atoms with van der Waals surface area (Å²) in [7, 11) is 1.42. The van der Waals surface area contributed by atoms with E-state index in [1.165, 1.54) is 48.6 Å². The molecule has 0 aromatic heterocycles. The molecule has 2 aliphatic rings. The highest BCUT2D eigenvalue weighted by atomic mass is 35.5. The molecule has 1 spiro atoms. The van der Waals surface area contributed by atoms with E-state index in [1.54, 1.807) is 0 Å². The van der Waals surface area contributed by atoms with Crippen LogP contribution in [0.5, 0.6) is 0 Å². The maximum absolute atomic E-state index is 12.6. The summed E-state index contributed by atoms with van der Waals surface area (Å²) in [6, 6.07) is 20.7. The fourth-order valence-corrected chi connectivity index (χ4v) is 5.80. The van der Waals surface area contributed by atoms with E-state index in [0.717, 1.165) is 24.0 Å². The summed E-state index contributed by atoms with van der Waals surface area (Å²) in [5.74, 6) is -0.353. The summed E-state index contributed by atoms with van der Waals surface area (Å²) < 4.78 is 5.07. The Labute approximate surface area is 176 Å². The lowest BCUT2D eigenvalue weighted by molar-refractivity contribution is 0.0601. The molecule has 146 valence electrons. The quantitative estimate of drug-likeness (QED) is 0.430. The third kappa shape index (κ3) is 2.66. The van der Waals surface area contributed by atoms with Crippen molar-refractivity contribution in [3.8, 4) is 22.3 Å². The molecule has 2 aliphatic carbocycles. The van der Waals surface area contributed by atoms with Crippen LogP contribution in [0.3, 0.4) is 0 Å². The first-order valence-electron chi connectivity index (χ1n) is 10.3. The Morgan fingerprint density at radius 3 is 2.34 bits per heavy atom. The number of carbonyl (C=O) groups excluding carboxylic acids is 1. The van der Waals surface area contributed by atoms with Gasteiger partial charge in [-0.25, -0.2) is 4.79 Å². The van der Waals surface area contributed by atoms with Crippen LogP contribution in [0.1, 0.15) is 53.6 Å². The average Bonchev–Trinajstić information content (AvgIpc) is 3.04. The molecule has 29 heavy (non-hydrogen) atoms. The van der Waals surface area contributed by atoms with E-state index in [0.29, 0.717) is 10.6 Å². The third-order valence-corrected chi connectivity index (χ3v) is 6.99. The predicted molar refractivity (Wildman–Crippen MR) is 118 cm³/mol. The normalized spacial score (nSPS) is 16.3. The lowest BCUT2D eigenvalue weighted by atomic mass is 9.66. The van der Waals surface area contributed by atoms with Crippen molar-refractivity contribution in [3.05, 3.63) is 82.4 Å². The van der Waals surface area contributed by atoms with Gasteiger partial charge < -0.3 is 4.74 Å². The minimum absolute atomic E-state index is 0.00662. The van der Waals surface area contributed by atoms with E-state index in [1.807, 2.05) is 18.2 Å². The van der Waals surface area contributed by atoms with Gasteiger partial charge >= 0.3 is 5.97 Å². The third-order valence-electron chi connectivity index (χ3n) is 6.67. The molecule has 0 heterocycles. The molecule has 0 bridgehead atoms. The van der Waals surface area contributed by atoms with Gasteiger partial charge in [-0.05, 0) is 52.8 Å². The summed E-state index contributed by atoms with van der Waals surface area (Å²) in [6.45, 7) is 0. The Kier molecular flexibility index (Phi) is 4.48. The molecule has 3 heteroatoms. The van der Waals surface area contributed by atoms with Gasteiger partial charge in [0.05, 0.1) is 12.7 Å². The number of halogens is 1. The molecule has 0 unspecified atom stereocenters. The van der Waals surface area contributed by atoms with Crippen LogP contribution in [0.15, 0.2) is 60.7 Å². The van der Waals surface area contributed by atoms with Crippen LogP contribution >= 0.6 is 11.6 Å².